The Bertz CT molecular complexity index is 1390. The van der Waals surface area contributed by atoms with E-state index >= 15 is 0 Å². The monoisotopic (exact) mass is 491 g/mol. The normalized spacial score (nSPS) is 16.5. The van der Waals surface area contributed by atoms with Crippen molar-refractivity contribution in [3.8, 4) is 16.9 Å². The number of nitrogens with one attached hydrogen (secondary N) is 2. The number of pyridine rings is 1. The molecule has 2 N–H and O–H groups in total. The van der Waals surface area contributed by atoms with Gasteiger partial charge in [-0.25, -0.2) is 9.97 Å². The molecule has 0 aliphatic carbocycles. The maximum Gasteiger partial charge on any atom is 0.294 e. The molecule has 0 saturated carbocycles. The van der Waals surface area contributed by atoms with E-state index in [1.54, 1.807) is 24.5 Å². The molecule has 1 aliphatic rings. The second-order valence-corrected chi connectivity index (χ2v) is 9.67. The van der Waals surface area contributed by atoms with Crippen LogP contribution in [0.4, 0.5) is 5.82 Å². The van der Waals surface area contributed by atoms with Crippen LogP contribution in [-0.2, 0) is 18.3 Å². The predicted octanol–water partition coefficient (Wildman–Crippen LogP) is 4.12. The zero-order chi connectivity index (χ0) is 24.4. The third-order valence-corrected chi connectivity index (χ3v) is 7.36. The van der Waals surface area contributed by atoms with Crippen molar-refractivity contribution in [3.63, 3.8) is 0 Å². The third-order valence-electron chi connectivity index (χ3n) is 6.25. The highest BCUT2D eigenvalue weighted by molar-refractivity contribution is 7.10. The summed E-state index contributed by atoms with van der Waals surface area (Å²) in [6.07, 6.45) is 2.14. The fourth-order valence-electron chi connectivity index (χ4n) is 4.37. The van der Waals surface area contributed by atoms with Crippen molar-refractivity contribution < 1.29 is 9.47 Å². The molecule has 0 unspecified atom stereocenters. The average molecular weight is 492 g/mol. The Morgan fingerprint density at radius 1 is 1.29 bits per heavy atom. The minimum Gasteiger partial charge on any atom is -0.482 e. The summed E-state index contributed by atoms with van der Waals surface area (Å²) in [5, 5.41) is 9.71. The van der Waals surface area contributed by atoms with Gasteiger partial charge in [-0.1, -0.05) is 24.3 Å². The molecule has 4 aromatic rings. The third kappa shape index (κ3) is 4.80. The Morgan fingerprint density at radius 3 is 2.94 bits per heavy atom. The molecule has 4 heterocycles. The molecule has 1 saturated heterocycles. The van der Waals surface area contributed by atoms with Gasteiger partial charge in [-0.2, -0.15) is 0 Å². The zero-order valence-corrected chi connectivity index (χ0v) is 20.9. The maximum atomic E-state index is 12.9. The molecule has 5 rings (SSSR count). The molecule has 1 fully saturated rings. The number of nitrogens with zero attached hydrogens (tertiary/aromatic N) is 3. The van der Waals surface area contributed by atoms with Gasteiger partial charge in [-0.3, -0.25) is 9.36 Å². The van der Waals surface area contributed by atoms with Crippen LogP contribution >= 0.6 is 11.3 Å². The lowest BCUT2D eigenvalue weighted by atomic mass is 10.0. The van der Waals surface area contributed by atoms with Gasteiger partial charge in [-0.15, -0.1) is 11.3 Å². The van der Waals surface area contributed by atoms with Gasteiger partial charge in [0.2, 0.25) is 0 Å². The molecule has 0 amide bonds. The van der Waals surface area contributed by atoms with Crippen molar-refractivity contribution in [3.05, 3.63) is 68.9 Å². The van der Waals surface area contributed by atoms with E-state index in [1.807, 2.05) is 7.05 Å². The molecular formula is C26H29N5O3S. The van der Waals surface area contributed by atoms with E-state index in [0.29, 0.717) is 30.4 Å². The molecule has 8 nitrogen and oxygen atoms in total. The molecule has 182 valence electrons. The predicted molar refractivity (Wildman–Crippen MR) is 139 cm³/mol. The Hall–Kier alpha value is -3.27. The van der Waals surface area contributed by atoms with Crippen LogP contribution in [0.15, 0.2) is 52.9 Å². The molecule has 0 bridgehead atoms. The van der Waals surface area contributed by atoms with E-state index in [2.05, 4.69) is 63.2 Å². The molecule has 2 atom stereocenters. The van der Waals surface area contributed by atoms with Gasteiger partial charge < -0.3 is 20.1 Å². The van der Waals surface area contributed by atoms with Gasteiger partial charge >= 0.3 is 0 Å². The minimum atomic E-state index is -0.217. The number of aromatic nitrogens is 3. The molecule has 1 aliphatic heterocycles. The van der Waals surface area contributed by atoms with E-state index in [-0.39, 0.29) is 17.7 Å². The summed E-state index contributed by atoms with van der Waals surface area (Å²) < 4.78 is 12.9. The topological polar surface area (TPSA) is 90.3 Å². The fraction of sp³-hybridized carbons (Fsp3) is 0.346. The summed E-state index contributed by atoms with van der Waals surface area (Å²) in [7, 11) is 3.67. The molecular weight excluding hydrogens is 462 g/mol. The van der Waals surface area contributed by atoms with E-state index in [1.165, 1.54) is 32.5 Å². The summed E-state index contributed by atoms with van der Waals surface area (Å²) in [6.45, 7) is 4.07. The first-order valence-corrected chi connectivity index (χ1v) is 12.6. The number of thiophene rings is 1. The SMILES string of the molecule is CNCc1ccccc1-c1csc([C@@H](C)Nc2ncnc3c2cc(O[C@H]2CCOC2)c(=O)n3C)c1. The van der Waals surface area contributed by atoms with Gasteiger partial charge in [-0.05, 0) is 42.1 Å². The van der Waals surface area contributed by atoms with Gasteiger partial charge in [0.15, 0.2) is 5.75 Å². The van der Waals surface area contributed by atoms with Crippen molar-refractivity contribution in [1.82, 2.24) is 19.9 Å². The smallest absolute Gasteiger partial charge is 0.294 e. The number of fused-ring (bicyclic) bond motifs is 1. The molecule has 3 aromatic heterocycles. The van der Waals surface area contributed by atoms with Crippen molar-refractivity contribution in [2.45, 2.75) is 32.0 Å². The van der Waals surface area contributed by atoms with Crippen LogP contribution in [0.5, 0.6) is 5.75 Å². The van der Waals surface area contributed by atoms with Gasteiger partial charge in [0.25, 0.3) is 5.56 Å². The number of hydrogen-bond donors (Lipinski definition) is 2. The molecule has 1 aromatic carbocycles. The van der Waals surface area contributed by atoms with E-state index in [9.17, 15) is 4.79 Å². The van der Waals surface area contributed by atoms with E-state index < -0.39 is 0 Å². The number of aryl methyl sites for hydroxylation is 1. The average Bonchev–Trinajstić information content (AvgIpc) is 3.56. The van der Waals surface area contributed by atoms with Crippen molar-refractivity contribution in [1.29, 1.82) is 0 Å². The lowest BCUT2D eigenvalue weighted by Gasteiger charge is -2.17. The zero-order valence-electron chi connectivity index (χ0n) is 20.1. The van der Waals surface area contributed by atoms with Crippen LogP contribution in [0.1, 0.15) is 29.8 Å². The molecule has 35 heavy (non-hydrogen) atoms. The Balaban J connectivity index is 1.44. The highest BCUT2D eigenvalue weighted by atomic mass is 32.1. The van der Waals surface area contributed by atoms with Gasteiger partial charge in [0, 0.05) is 31.0 Å². The standard InChI is InChI=1S/C26H29N5O3S/c1-16(23-10-18(14-35-23)20-7-5-4-6-17(20)12-27-2)30-24-21-11-22(34-19-8-9-33-13-19)26(32)31(3)25(21)29-15-28-24/h4-7,10-11,14-16,19,27H,8-9,12-13H2,1-3H3,(H,28,29,30)/t16-,19+/m1/s1. The molecule has 0 spiro atoms. The number of rotatable bonds is 8. The lowest BCUT2D eigenvalue weighted by molar-refractivity contribution is 0.140. The van der Waals surface area contributed by atoms with E-state index in [4.69, 9.17) is 9.47 Å². The highest BCUT2D eigenvalue weighted by Gasteiger charge is 2.21. The summed E-state index contributed by atoms with van der Waals surface area (Å²) in [5.74, 6) is 0.955. The van der Waals surface area contributed by atoms with E-state index in [0.717, 1.165) is 18.4 Å². The Kier molecular flexibility index (Phi) is 6.81. The number of benzene rings is 1. The highest BCUT2D eigenvalue weighted by Crippen LogP contribution is 2.33. The quantitative estimate of drug-likeness (QED) is 0.383. The Morgan fingerprint density at radius 2 is 2.14 bits per heavy atom. The van der Waals surface area contributed by atoms with Crippen LogP contribution < -0.4 is 20.9 Å². The summed E-state index contributed by atoms with van der Waals surface area (Å²) >= 11 is 1.71. The summed E-state index contributed by atoms with van der Waals surface area (Å²) in [4.78, 5) is 22.9. The van der Waals surface area contributed by atoms with Gasteiger partial charge in [0.05, 0.1) is 24.6 Å². The first kappa shape index (κ1) is 23.5. The van der Waals surface area contributed by atoms with Crippen molar-refractivity contribution in [2.75, 3.05) is 25.6 Å². The van der Waals surface area contributed by atoms with Crippen LogP contribution in [0.25, 0.3) is 22.2 Å². The summed E-state index contributed by atoms with van der Waals surface area (Å²) in [5.41, 5.74) is 4.04. The second-order valence-electron chi connectivity index (χ2n) is 8.73. The van der Waals surface area contributed by atoms with Crippen LogP contribution in [-0.4, -0.2) is 40.9 Å². The largest absolute Gasteiger partial charge is 0.482 e. The first-order chi connectivity index (χ1) is 17.0. The van der Waals surface area contributed by atoms with Crippen LogP contribution in [0.3, 0.4) is 0 Å². The van der Waals surface area contributed by atoms with Crippen LogP contribution in [0.2, 0.25) is 0 Å². The van der Waals surface area contributed by atoms with Gasteiger partial charge in [0.1, 0.15) is 23.9 Å². The number of anilines is 1. The Labute approximate surface area is 208 Å². The van der Waals surface area contributed by atoms with Crippen molar-refractivity contribution in [2.24, 2.45) is 7.05 Å². The second kappa shape index (κ2) is 10.2. The number of ether oxygens (including phenoxy) is 2. The van der Waals surface area contributed by atoms with Crippen molar-refractivity contribution >= 4 is 28.2 Å². The maximum absolute atomic E-state index is 12.9. The minimum absolute atomic E-state index is 0.00754. The first-order valence-electron chi connectivity index (χ1n) is 11.7. The lowest BCUT2D eigenvalue weighted by Crippen LogP contribution is -2.25. The number of hydrogen-bond acceptors (Lipinski definition) is 8. The fourth-order valence-corrected chi connectivity index (χ4v) is 5.29. The molecule has 0 radical (unpaired) electrons. The summed E-state index contributed by atoms with van der Waals surface area (Å²) in [6, 6.07) is 12.4. The van der Waals surface area contributed by atoms with Crippen LogP contribution in [0, 0.1) is 0 Å². The molecule has 9 heteroatoms.